The van der Waals surface area contributed by atoms with Gasteiger partial charge in [-0.1, -0.05) is 64.0 Å². The number of unbranched alkanes of at least 4 members (excludes halogenated alkanes) is 10. The van der Waals surface area contributed by atoms with Crippen molar-refractivity contribution in [2.45, 2.75) is 96.6 Å². The predicted molar refractivity (Wildman–Crippen MR) is 106 cm³/mol. The van der Waals surface area contributed by atoms with E-state index in [0.29, 0.717) is 6.17 Å². The Morgan fingerprint density at radius 3 is 2.25 bits per heavy atom. The normalized spacial score (nSPS) is 18.2. The van der Waals surface area contributed by atoms with E-state index < -0.39 is 0 Å². The second-order valence-corrected chi connectivity index (χ2v) is 7.05. The standard InChI is InChI=1S/C21H40N2O/c1-2-3-4-5-6-7-8-9-10-11-12-13-14-15-16-21-22-17-18-23(21)19-20-24/h9-10,17,21,24H,2-8,11-16,18-20H2,1H3/b10-9+. The summed E-state index contributed by atoms with van der Waals surface area (Å²) in [4.78, 5) is 6.78. The summed E-state index contributed by atoms with van der Waals surface area (Å²) in [6, 6.07) is 0. The predicted octanol–water partition coefficient (Wildman–Crippen LogP) is 5.34. The number of nitrogens with zero attached hydrogens (tertiary/aromatic N) is 2. The van der Waals surface area contributed by atoms with Crippen LogP contribution in [0.5, 0.6) is 0 Å². The molecule has 24 heavy (non-hydrogen) atoms. The Morgan fingerprint density at radius 1 is 0.958 bits per heavy atom. The third kappa shape index (κ3) is 11.0. The van der Waals surface area contributed by atoms with E-state index in [2.05, 4.69) is 29.0 Å². The summed E-state index contributed by atoms with van der Waals surface area (Å²) in [6.45, 7) is 4.19. The molecule has 0 bridgehead atoms. The van der Waals surface area contributed by atoms with E-state index in [1.54, 1.807) is 0 Å². The van der Waals surface area contributed by atoms with Crippen molar-refractivity contribution in [3.8, 4) is 0 Å². The number of rotatable bonds is 16. The highest BCUT2D eigenvalue weighted by Crippen LogP contribution is 2.15. The van der Waals surface area contributed by atoms with Gasteiger partial charge in [-0.25, -0.2) is 0 Å². The molecule has 0 aliphatic carbocycles. The van der Waals surface area contributed by atoms with Gasteiger partial charge in [0.2, 0.25) is 0 Å². The Kier molecular flexibility index (Phi) is 14.1. The molecule has 3 nitrogen and oxygen atoms in total. The van der Waals surface area contributed by atoms with Crippen LogP contribution >= 0.6 is 0 Å². The molecule has 1 atom stereocenters. The highest BCUT2D eigenvalue weighted by molar-refractivity contribution is 5.62. The second-order valence-electron chi connectivity index (χ2n) is 7.05. The topological polar surface area (TPSA) is 35.8 Å². The van der Waals surface area contributed by atoms with Gasteiger partial charge >= 0.3 is 0 Å². The Hall–Kier alpha value is -0.670. The molecule has 0 fully saturated rings. The number of aliphatic hydroxyl groups excluding tert-OH is 1. The lowest BCUT2D eigenvalue weighted by atomic mass is 10.1. The fourth-order valence-corrected chi connectivity index (χ4v) is 3.34. The third-order valence-corrected chi connectivity index (χ3v) is 4.88. The summed E-state index contributed by atoms with van der Waals surface area (Å²) < 4.78 is 0. The average molecular weight is 337 g/mol. The van der Waals surface area contributed by atoms with Gasteiger partial charge < -0.3 is 5.11 Å². The minimum atomic E-state index is 0.241. The first kappa shape index (κ1) is 21.4. The monoisotopic (exact) mass is 336 g/mol. The quantitative estimate of drug-likeness (QED) is 0.305. The number of aliphatic imine (C=N–C) groups is 1. The van der Waals surface area contributed by atoms with E-state index in [0.717, 1.165) is 19.5 Å². The molecule has 3 heteroatoms. The second kappa shape index (κ2) is 15.8. The van der Waals surface area contributed by atoms with Gasteiger partial charge in [0.05, 0.1) is 6.61 Å². The summed E-state index contributed by atoms with van der Waals surface area (Å²) in [7, 11) is 0. The van der Waals surface area contributed by atoms with Crippen LogP contribution in [-0.4, -0.2) is 42.1 Å². The van der Waals surface area contributed by atoms with Gasteiger partial charge in [-0.2, -0.15) is 0 Å². The Bertz CT molecular complexity index is 328. The van der Waals surface area contributed by atoms with Crippen molar-refractivity contribution in [2.75, 3.05) is 19.7 Å². The lowest BCUT2D eigenvalue weighted by Crippen LogP contribution is -2.32. The number of β-amino-alcohol motifs (C(OH)–C–C–N with tert-alkyl or cyclic N) is 1. The summed E-state index contributed by atoms with van der Waals surface area (Å²) in [6.07, 6.45) is 24.3. The maximum absolute atomic E-state index is 9.04. The van der Waals surface area contributed by atoms with Gasteiger partial charge in [-0.05, 0) is 38.5 Å². The molecule has 0 radical (unpaired) electrons. The molecule has 1 heterocycles. The molecule has 1 unspecified atom stereocenters. The van der Waals surface area contributed by atoms with Gasteiger partial charge in [0.1, 0.15) is 6.17 Å². The Labute approximate surface area is 150 Å². The lowest BCUT2D eigenvalue weighted by molar-refractivity contribution is 0.176. The first-order valence-corrected chi connectivity index (χ1v) is 10.4. The van der Waals surface area contributed by atoms with E-state index in [1.807, 2.05) is 6.21 Å². The highest BCUT2D eigenvalue weighted by Gasteiger charge is 2.19. The summed E-state index contributed by atoms with van der Waals surface area (Å²) in [5.74, 6) is 0. The molecular formula is C21H40N2O. The van der Waals surface area contributed by atoms with Crippen molar-refractivity contribution < 1.29 is 5.11 Å². The van der Waals surface area contributed by atoms with Crippen molar-refractivity contribution in [1.82, 2.24) is 4.90 Å². The number of allylic oxidation sites excluding steroid dienone is 2. The maximum Gasteiger partial charge on any atom is 0.102 e. The minimum Gasteiger partial charge on any atom is -0.395 e. The first-order chi connectivity index (χ1) is 11.9. The van der Waals surface area contributed by atoms with Crippen molar-refractivity contribution in [1.29, 1.82) is 0 Å². The molecule has 1 aliphatic heterocycles. The van der Waals surface area contributed by atoms with Gasteiger partial charge in [-0.15, -0.1) is 0 Å². The van der Waals surface area contributed by atoms with Crippen LogP contribution in [0.25, 0.3) is 0 Å². The molecule has 0 saturated heterocycles. The largest absolute Gasteiger partial charge is 0.395 e. The molecule has 1 N–H and O–H groups in total. The van der Waals surface area contributed by atoms with Gasteiger partial charge in [0, 0.05) is 19.3 Å². The van der Waals surface area contributed by atoms with Crippen molar-refractivity contribution in [2.24, 2.45) is 4.99 Å². The van der Waals surface area contributed by atoms with E-state index in [9.17, 15) is 0 Å². The zero-order valence-electron chi connectivity index (χ0n) is 16.0. The molecule has 1 aliphatic rings. The molecule has 1 rings (SSSR count). The molecule has 0 amide bonds. The number of hydrogen-bond donors (Lipinski definition) is 1. The minimum absolute atomic E-state index is 0.241. The lowest BCUT2D eigenvalue weighted by Gasteiger charge is -2.21. The van der Waals surface area contributed by atoms with Gasteiger partial charge in [-0.3, -0.25) is 9.89 Å². The zero-order valence-corrected chi connectivity index (χ0v) is 16.0. The summed E-state index contributed by atoms with van der Waals surface area (Å²) in [5.41, 5.74) is 0. The van der Waals surface area contributed by atoms with Crippen LogP contribution < -0.4 is 0 Å². The van der Waals surface area contributed by atoms with Crippen LogP contribution in [0, 0.1) is 0 Å². The van der Waals surface area contributed by atoms with Crippen LogP contribution in [0.15, 0.2) is 17.1 Å². The van der Waals surface area contributed by atoms with Gasteiger partial charge in [0.25, 0.3) is 0 Å². The van der Waals surface area contributed by atoms with Crippen LogP contribution in [0.2, 0.25) is 0 Å². The van der Waals surface area contributed by atoms with Crippen LogP contribution in [0.4, 0.5) is 0 Å². The van der Waals surface area contributed by atoms with E-state index in [-0.39, 0.29) is 6.61 Å². The smallest absolute Gasteiger partial charge is 0.102 e. The fraction of sp³-hybridized carbons (Fsp3) is 0.857. The van der Waals surface area contributed by atoms with Gasteiger partial charge in [0.15, 0.2) is 0 Å². The molecule has 0 aromatic heterocycles. The van der Waals surface area contributed by atoms with Crippen LogP contribution in [0.1, 0.15) is 90.4 Å². The third-order valence-electron chi connectivity index (χ3n) is 4.88. The van der Waals surface area contributed by atoms with E-state index in [4.69, 9.17) is 5.11 Å². The summed E-state index contributed by atoms with van der Waals surface area (Å²) in [5, 5.41) is 9.04. The number of aliphatic hydroxyl groups is 1. The Morgan fingerprint density at radius 2 is 1.58 bits per heavy atom. The van der Waals surface area contributed by atoms with Crippen molar-refractivity contribution in [3.05, 3.63) is 12.2 Å². The molecule has 0 aromatic rings. The summed E-state index contributed by atoms with van der Waals surface area (Å²) >= 11 is 0. The molecule has 0 saturated carbocycles. The molecular weight excluding hydrogens is 296 g/mol. The highest BCUT2D eigenvalue weighted by atomic mass is 16.3. The average Bonchev–Trinajstić information content (AvgIpc) is 3.03. The molecule has 140 valence electrons. The number of hydrogen-bond acceptors (Lipinski definition) is 3. The van der Waals surface area contributed by atoms with Crippen LogP contribution in [0.3, 0.4) is 0 Å². The molecule has 0 spiro atoms. The van der Waals surface area contributed by atoms with Crippen molar-refractivity contribution >= 4 is 6.21 Å². The fourth-order valence-electron chi connectivity index (χ4n) is 3.34. The SMILES string of the molecule is CCCCCCCC/C=C/CCCCCCC1N=CCN1CCO. The first-order valence-electron chi connectivity index (χ1n) is 10.4. The van der Waals surface area contributed by atoms with Crippen LogP contribution in [-0.2, 0) is 0 Å². The van der Waals surface area contributed by atoms with Crippen molar-refractivity contribution in [3.63, 3.8) is 0 Å². The maximum atomic E-state index is 9.04. The van der Waals surface area contributed by atoms with E-state index >= 15 is 0 Å². The zero-order chi connectivity index (χ0) is 17.3. The Balaban J connectivity index is 1.83. The van der Waals surface area contributed by atoms with E-state index in [1.165, 1.54) is 77.0 Å². The molecule has 0 aromatic carbocycles.